The van der Waals surface area contributed by atoms with E-state index in [9.17, 15) is 0 Å². The van der Waals surface area contributed by atoms with Crippen molar-refractivity contribution in [3.63, 3.8) is 0 Å². The monoisotopic (exact) mass is 781 g/mol. The van der Waals surface area contributed by atoms with Crippen LogP contribution in [0.25, 0.3) is 86.6 Å². The minimum Gasteiger partial charge on any atom is -0.311 e. The summed E-state index contributed by atoms with van der Waals surface area (Å²) in [7, 11) is 0. The molecule has 11 rings (SSSR count). The van der Waals surface area contributed by atoms with Gasteiger partial charge >= 0.3 is 0 Å². The van der Waals surface area contributed by atoms with Crippen molar-refractivity contribution in [3.8, 4) is 55.6 Å². The summed E-state index contributed by atoms with van der Waals surface area (Å²) in [6.45, 7) is 0. The lowest BCUT2D eigenvalue weighted by molar-refractivity contribution is 1.28. The van der Waals surface area contributed by atoms with Crippen LogP contribution in [0.5, 0.6) is 0 Å². The minimum atomic E-state index is 1.10. The average molecular weight is 782 g/mol. The first-order valence-corrected chi connectivity index (χ1v) is 21.3. The Balaban J connectivity index is 0.908. The van der Waals surface area contributed by atoms with Gasteiger partial charge in [0.15, 0.2) is 0 Å². The number of benzene rings is 10. The Bertz CT molecular complexity index is 3270. The lowest BCUT2D eigenvalue weighted by atomic mass is 9.94. The number of thiophene rings is 1. The fourth-order valence-electron chi connectivity index (χ4n) is 8.65. The first kappa shape index (κ1) is 35.6. The van der Waals surface area contributed by atoms with Crippen LogP contribution in [0.2, 0.25) is 0 Å². The van der Waals surface area contributed by atoms with Crippen molar-refractivity contribution in [1.29, 1.82) is 0 Å². The predicted molar refractivity (Wildman–Crippen MR) is 259 cm³/mol. The van der Waals surface area contributed by atoms with Gasteiger partial charge in [-0.3, -0.25) is 0 Å². The molecule has 0 unspecified atom stereocenters. The lowest BCUT2D eigenvalue weighted by Crippen LogP contribution is -2.09. The molecule has 282 valence electrons. The Morgan fingerprint density at radius 2 is 0.700 bits per heavy atom. The van der Waals surface area contributed by atoms with Crippen LogP contribution in [0.3, 0.4) is 0 Å². The van der Waals surface area contributed by atoms with E-state index in [1.807, 2.05) is 11.3 Å². The van der Waals surface area contributed by atoms with Crippen LogP contribution >= 0.6 is 11.3 Å². The van der Waals surface area contributed by atoms with Gasteiger partial charge in [0.05, 0.1) is 0 Å². The van der Waals surface area contributed by atoms with Gasteiger partial charge in [-0.25, -0.2) is 0 Å². The standard InChI is InChI=1S/C58H39NS/c1-2-11-40(12-3-1)42-27-33-49(34-28-42)59(51-37-31-46(32-38-51)54-20-10-21-56-55-18-6-7-22-57(55)60-58(54)56)50-35-29-43(30-36-50)41-23-25-44(26-24-41)47-15-8-16-48(39-47)53-19-9-14-45-13-4-5-17-52(45)53/h1-39H. The third-order valence-electron chi connectivity index (χ3n) is 11.7. The maximum absolute atomic E-state index is 2.36. The van der Waals surface area contributed by atoms with Gasteiger partial charge in [0.1, 0.15) is 0 Å². The number of rotatable bonds is 8. The third-order valence-corrected chi connectivity index (χ3v) is 12.9. The second-order valence-corrected chi connectivity index (χ2v) is 16.4. The molecule has 1 heterocycles. The summed E-state index contributed by atoms with van der Waals surface area (Å²) in [4.78, 5) is 2.36. The molecule has 0 saturated carbocycles. The van der Waals surface area contributed by atoms with E-state index >= 15 is 0 Å². The summed E-state index contributed by atoms with van der Waals surface area (Å²) in [6.07, 6.45) is 0. The number of hydrogen-bond acceptors (Lipinski definition) is 2. The topological polar surface area (TPSA) is 3.24 Å². The molecule has 10 aromatic carbocycles. The second kappa shape index (κ2) is 15.3. The quantitative estimate of drug-likeness (QED) is 0.148. The van der Waals surface area contributed by atoms with E-state index in [4.69, 9.17) is 0 Å². The SMILES string of the molecule is c1ccc(-c2ccc(N(c3ccc(-c4ccc(-c5cccc(-c6cccc7ccccc67)c5)cc4)cc3)c3ccc(-c4cccc5c4sc4ccccc45)cc3)cc2)cc1. The highest BCUT2D eigenvalue weighted by Gasteiger charge is 2.16. The van der Waals surface area contributed by atoms with Crippen LogP contribution < -0.4 is 4.90 Å². The fourth-order valence-corrected chi connectivity index (χ4v) is 9.89. The minimum absolute atomic E-state index is 1.10. The van der Waals surface area contributed by atoms with E-state index in [0.29, 0.717) is 0 Å². The number of anilines is 3. The van der Waals surface area contributed by atoms with Crippen LogP contribution in [0.15, 0.2) is 237 Å². The molecular weight excluding hydrogens is 743 g/mol. The van der Waals surface area contributed by atoms with Gasteiger partial charge in [-0.15, -0.1) is 11.3 Å². The van der Waals surface area contributed by atoms with Gasteiger partial charge in [-0.1, -0.05) is 188 Å². The number of nitrogens with zero attached hydrogens (tertiary/aromatic N) is 1. The van der Waals surface area contributed by atoms with Crippen molar-refractivity contribution in [1.82, 2.24) is 0 Å². The Labute approximate surface area is 354 Å². The highest BCUT2D eigenvalue weighted by atomic mass is 32.1. The van der Waals surface area contributed by atoms with Crippen molar-refractivity contribution in [2.75, 3.05) is 4.90 Å². The maximum atomic E-state index is 2.36. The van der Waals surface area contributed by atoms with Gasteiger partial charge in [0.2, 0.25) is 0 Å². The van der Waals surface area contributed by atoms with Gasteiger partial charge in [-0.2, -0.15) is 0 Å². The molecule has 0 aliphatic heterocycles. The average Bonchev–Trinajstić information content (AvgIpc) is 3.72. The molecule has 1 aromatic heterocycles. The van der Waals surface area contributed by atoms with Crippen LogP contribution in [0, 0.1) is 0 Å². The van der Waals surface area contributed by atoms with E-state index in [1.54, 1.807) is 0 Å². The molecule has 0 saturated heterocycles. The molecule has 0 bridgehead atoms. The maximum Gasteiger partial charge on any atom is 0.0462 e. The molecule has 0 radical (unpaired) electrons. The summed E-state index contributed by atoms with van der Waals surface area (Å²) < 4.78 is 2.65. The summed E-state index contributed by atoms with van der Waals surface area (Å²) in [5.41, 5.74) is 15.5. The van der Waals surface area contributed by atoms with E-state index in [2.05, 4.69) is 241 Å². The molecule has 0 atom stereocenters. The molecule has 1 nitrogen and oxygen atoms in total. The molecule has 2 heteroatoms. The molecule has 0 N–H and O–H groups in total. The molecule has 0 aliphatic carbocycles. The first-order valence-electron chi connectivity index (χ1n) is 20.5. The van der Waals surface area contributed by atoms with E-state index in [1.165, 1.54) is 86.6 Å². The second-order valence-electron chi connectivity index (χ2n) is 15.3. The Morgan fingerprint density at radius 1 is 0.267 bits per heavy atom. The lowest BCUT2D eigenvalue weighted by Gasteiger charge is -2.26. The Morgan fingerprint density at radius 3 is 1.38 bits per heavy atom. The molecule has 0 aliphatic rings. The summed E-state index contributed by atoms with van der Waals surface area (Å²) in [5, 5.41) is 5.17. The number of hydrogen-bond donors (Lipinski definition) is 0. The van der Waals surface area contributed by atoms with E-state index in [-0.39, 0.29) is 0 Å². The van der Waals surface area contributed by atoms with Gasteiger partial charge < -0.3 is 4.90 Å². The van der Waals surface area contributed by atoms with E-state index in [0.717, 1.165) is 17.1 Å². The Kier molecular flexibility index (Phi) is 9.11. The van der Waals surface area contributed by atoms with Gasteiger partial charge in [0, 0.05) is 37.2 Å². The zero-order valence-electron chi connectivity index (χ0n) is 32.9. The van der Waals surface area contributed by atoms with Crippen molar-refractivity contribution in [3.05, 3.63) is 237 Å². The van der Waals surface area contributed by atoms with Crippen molar-refractivity contribution in [2.45, 2.75) is 0 Å². The number of fused-ring (bicyclic) bond motifs is 4. The molecule has 0 fully saturated rings. The smallest absolute Gasteiger partial charge is 0.0462 e. The van der Waals surface area contributed by atoms with Crippen molar-refractivity contribution < 1.29 is 0 Å². The van der Waals surface area contributed by atoms with Crippen LogP contribution in [-0.4, -0.2) is 0 Å². The van der Waals surface area contributed by atoms with Crippen LogP contribution in [0.1, 0.15) is 0 Å². The molecule has 0 amide bonds. The van der Waals surface area contributed by atoms with Crippen LogP contribution in [-0.2, 0) is 0 Å². The van der Waals surface area contributed by atoms with Crippen molar-refractivity contribution >= 4 is 59.3 Å². The van der Waals surface area contributed by atoms with Gasteiger partial charge in [0.25, 0.3) is 0 Å². The first-order chi connectivity index (χ1) is 29.7. The summed E-state index contributed by atoms with van der Waals surface area (Å²) in [6, 6.07) is 86.0. The summed E-state index contributed by atoms with van der Waals surface area (Å²) >= 11 is 1.88. The van der Waals surface area contributed by atoms with Crippen LogP contribution in [0.4, 0.5) is 17.1 Å². The predicted octanol–water partition coefficient (Wildman–Crippen LogP) is 17.0. The van der Waals surface area contributed by atoms with Gasteiger partial charge in [-0.05, 0) is 115 Å². The normalized spacial score (nSPS) is 11.3. The molecular formula is C58H39NS. The largest absolute Gasteiger partial charge is 0.311 e. The van der Waals surface area contributed by atoms with Crippen molar-refractivity contribution in [2.24, 2.45) is 0 Å². The summed E-state index contributed by atoms with van der Waals surface area (Å²) in [5.74, 6) is 0. The third kappa shape index (κ3) is 6.63. The molecule has 60 heavy (non-hydrogen) atoms. The fraction of sp³-hybridized carbons (Fsp3) is 0. The zero-order valence-corrected chi connectivity index (χ0v) is 33.7. The highest BCUT2D eigenvalue weighted by molar-refractivity contribution is 7.26. The molecule has 11 aromatic rings. The highest BCUT2D eigenvalue weighted by Crippen LogP contribution is 2.42. The zero-order chi connectivity index (χ0) is 39.8. The molecule has 0 spiro atoms. The Hall–Kier alpha value is -7.52. The van der Waals surface area contributed by atoms with E-state index < -0.39 is 0 Å².